The van der Waals surface area contributed by atoms with Gasteiger partial charge in [-0.1, -0.05) is 24.3 Å². The van der Waals surface area contributed by atoms with Gasteiger partial charge in [0.25, 0.3) is 0 Å². The molecule has 0 radical (unpaired) electrons. The highest BCUT2D eigenvalue weighted by Gasteiger charge is 2.52. The topological polar surface area (TPSA) is 83.8 Å². The summed E-state index contributed by atoms with van der Waals surface area (Å²) in [6.07, 6.45) is -1.59. The van der Waals surface area contributed by atoms with Gasteiger partial charge in [-0.2, -0.15) is 0 Å². The molecule has 0 spiro atoms. The van der Waals surface area contributed by atoms with E-state index in [1.807, 2.05) is 0 Å². The Hall–Kier alpha value is -2.66. The fourth-order valence-electron chi connectivity index (χ4n) is 2.55. The lowest BCUT2D eigenvalue weighted by Gasteiger charge is -2.36. The Labute approximate surface area is 126 Å². The van der Waals surface area contributed by atoms with Crippen LogP contribution in [0, 0.1) is 0 Å². The summed E-state index contributed by atoms with van der Waals surface area (Å²) in [7, 11) is 0. The summed E-state index contributed by atoms with van der Waals surface area (Å²) in [6, 6.07) is 12.1. The third kappa shape index (κ3) is 2.07. The zero-order valence-corrected chi connectivity index (χ0v) is 11.8. The molecule has 0 aromatic heterocycles. The van der Waals surface area contributed by atoms with Crippen LogP contribution in [0.2, 0.25) is 0 Å². The van der Waals surface area contributed by atoms with E-state index in [0.29, 0.717) is 0 Å². The second kappa shape index (κ2) is 4.96. The van der Waals surface area contributed by atoms with E-state index in [2.05, 4.69) is 0 Å². The molecule has 3 rings (SSSR count). The summed E-state index contributed by atoms with van der Waals surface area (Å²) < 4.78 is 5.62. The standard InChI is InChI=1S/C17H14O5/c1-17(22-11-8-6-10(18)7-9-11)15(20)13-5-3-2-4-12(13)14(19)16(17)21/h2-9,16,18,21H,1H3/t16-,17-/m0/s1. The van der Waals surface area contributed by atoms with Crippen molar-refractivity contribution in [2.24, 2.45) is 0 Å². The quantitative estimate of drug-likeness (QED) is 0.885. The zero-order chi connectivity index (χ0) is 15.9. The molecule has 2 N–H and O–H groups in total. The Kier molecular flexibility index (Phi) is 3.22. The van der Waals surface area contributed by atoms with Crippen molar-refractivity contribution in [1.29, 1.82) is 0 Å². The Morgan fingerprint density at radius 2 is 1.59 bits per heavy atom. The van der Waals surface area contributed by atoms with Gasteiger partial charge in [-0.05, 0) is 31.2 Å². The van der Waals surface area contributed by atoms with E-state index in [-0.39, 0.29) is 22.6 Å². The van der Waals surface area contributed by atoms with Crippen LogP contribution in [-0.2, 0) is 0 Å². The first-order valence-electron chi connectivity index (χ1n) is 6.77. The molecule has 0 bridgehead atoms. The molecule has 1 aliphatic rings. The van der Waals surface area contributed by atoms with Crippen molar-refractivity contribution in [2.75, 3.05) is 0 Å². The van der Waals surface area contributed by atoms with Gasteiger partial charge >= 0.3 is 0 Å². The van der Waals surface area contributed by atoms with E-state index in [9.17, 15) is 19.8 Å². The molecule has 0 heterocycles. The Morgan fingerprint density at radius 1 is 1.00 bits per heavy atom. The lowest BCUT2D eigenvalue weighted by Crippen LogP contribution is -2.58. The number of aromatic hydroxyl groups is 1. The number of aliphatic hydroxyl groups excluding tert-OH is 1. The minimum Gasteiger partial charge on any atom is -0.508 e. The molecule has 0 fully saturated rings. The van der Waals surface area contributed by atoms with Crippen molar-refractivity contribution in [3.63, 3.8) is 0 Å². The molecule has 0 aliphatic heterocycles. The number of Topliss-reactive ketones (excluding diaryl/α,β-unsaturated/α-hetero) is 2. The Balaban J connectivity index is 2.04. The van der Waals surface area contributed by atoms with E-state index in [4.69, 9.17) is 4.74 Å². The number of fused-ring (bicyclic) bond motifs is 1. The molecule has 0 unspecified atom stereocenters. The Bertz CT molecular complexity index is 750. The summed E-state index contributed by atoms with van der Waals surface area (Å²) in [6.45, 7) is 1.39. The third-order valence-electron chi connectivity index (χ3n) is 3.82. The maximum absolute atomic E-state index is 12.7. The summed E-state index contributed by atoms with van der Waals surface area (Å²) in [5, 5.41) is 19.6. The molecule has 5 nitrogen and oxygen atoms in total. The van der Waals surface area contributed by atoms with Crippen LogP contribution in [0.1, 0.15) is 27.6 Å². The number of aliphatic hydroxyl groups is 1. The van der Waals surface area contributed by atoms with Gasteiger partial charge in [-0.15, -0.1) is 0 Å². The van der Waals surface area contributed by atoms with Crippen LogP contribution in [0.5, 0.6) is 11.5 Å². The molecule has 0 saturated heterocycles. The second-order valence-electron chi connectivity index (χ2n) is 5.34. The SMILES string of the molecule is C[C@]1(Oc2ccc(O)cc2)C(=O)c2ccccc2C(=O)[C@@H]1O. The van der Waals surface area contributed by atoms with E-state index in [1.165, 1.54) is 37.3 Å². The van der Waals surface area contributed by atoms with Crippen molar-refractivity contribution < 1.29 is 24.5 Å². The predicted octanol–water partition coefficient (Wildman–Crippen LogP) is 1.97. The number of carbonyl (C=O) groups is 2. The molecule has 2 aromatic carbocycles. The van der Waals surface area contributed by atoms with E-state index in [1.54, 1.807) is 18.2 Å². The lowest BCUT2D eigenvalue weighted by atomic mass is 9.77. The second-order valence-corrected chi connectivity index (χ2v) is 5.34. The number of rotatable bonds is 2. The van der Waals surface area contributed by atoms with Crippen molar-refractivity contribution in [3.8, 4) is 11.5 Å². The monoisotopic (exact) mass is 298 g/mol. The van der Waals surface area contributed by atoms with Gasteiger partial charge in [0.05, 0.1) is 0 Å². The number of benzene rings is 2. The Morgan fingerprint density at radius 3 is 2.23 bits per heavy atom. The van der Waals surface area contributed by atoms with Gasteiger partial charge in [0, 0.05) is 11.1 Å². The van der Waals surface area contributed by atoms with E-state index >= 15 is 0 Å². The molecule has 112 valence electrons. The minimum absolute atomic E-state index is 0.0504. The molecular formula is C17H14O5. The average Bonchev–Trinajstić information content (AvgIpc) is 2.53. The lowest BCUT2D eigenvalue weighted by molar-refractivity contribution is -0.0172. The highest BCUT2D eigenvalue weighted by atomic mass is 16.5. The third-order valence-corrected chi connectivity index (χ3v) is 3.82. The fourth-order valence-corrected chi connectivity index (χ4v) is 2.55. The normalized spacial score (nSPS) is 24.0. The molecule has 0 amide bonds. The number of ketones is 2. The van der Waals surface area contributed by atoms with Crippen LogP contribution >= 0.6 is 0 Å². The fraction of sp³-hybridized carbons (Fsp3) is 0.176. The molecule has 2 aromatic rings. The maximum atomic E-state index is 12.7. The molecular weight excluding hydrogens is 284 g/mol. The van der Waals surface area contributed by atoms with Crippen LogP contribution in [0.3, 0.4) is 0 Å². The van der Waals surface area contributed by atoms with Crippen LogP contribution in [0.4, 0.5) is 0 Å². The molecule has 1 aliphatic carbocycles. The molecule has 0 saturated carbocycles. The minimum atomic E-state index is -1.71. The van der Waals surface area contributed by atoms with Gasteiger partial charge < -0.3 is 14.9 Å². The number of carbonyl (C=O) groups excluding carboxylic acids is 2. The molecule has 22 heavy (non-hydrogen) atoms. The average molecular weight is 298 g/mol. The van der Waals surface area contributed by atoms with E-state index in [0.717, 1.165) is 0 Å². The zero-order valence-electron chi connectivity index (χ0n) is 11.8. The van der Waals surface area contributed by atoms with Crippen LogP contribution in [0.25, 0.3) is 0 Å². The van der Waals surface area contributed by atoms with Gasteiger partial charge in [0.1, 0.15) is 11.5 Å². The van der Waals surface area contributed by atoms with Crippen molar-refractivity contribution >= 4 is 11.6 Å². The number of hydrogen-bond donors (Lipinski definition) is 2. The first-order chi connectivity index (χ1) is 10.4. The van der Waals surface area contributed by atoms with Crippen molar-refractivity contribution in [1.82, 2.24) is 0 Å². The predicted molar refractivity (Wildman–Crippen MR) is 78.2 cm³/mol. The van der Waals surface area contributed by atoms with Gasteiger partial charge in [0.15, 0.2) is 11.9 Å². The largest absolute Gasteiger partial charge is 0.508 e. The number of ether oxygens (including phenoxy) is 1. The van der Waals surface area contributed by atoms with Crippen molar-refractivity contribution in [3.05, 3.63) is 59.7 Å². The smallest absolute Gasteiger partial charge is 0.210 e. The van der Waals surface area contributed by atoms with Gasteiger partial charge in [-0.25, -0.2) is 0 Å². The highest BCUT2D eigenvalue weighted by molar-refractivity contribution is 6.20. The summed E-state index contributed by atoms with van der Waals surface area (Å²) >= 11 is 0. The maximum Gasteiger partial charge on any atom is 0.210 e. The van der Waals surface area contributed by atoms with Crippen molar-refractivity contribution in [2.45, 2.75) is 18.6 Å². The first kappa shape index (κ1) is 14.3. The van der Waals surface area contributed by atoms with E-state index < -0.39 is 23.3 Å². The summed E-state index contributed by atoms with van der Waals surface area (Å²) in [4.78, 5) is 25.0. The van der Waals surface area contributed by atoms with Gasteiger partial charge in [0.2, 0.25) is 11.4 Å². The van der Waals surface area contributed by atoms with Crippen LogP contribution in [0.15, 0.2) is 48.5 Å². The number of phenolic OH excluding ortho intramolecular Hbond substituents is 1. The van der Waals surface area contributed by atoms with Gasteiger partial charge in [-0.3, -0.25) is 9.59 Å². The summed E-state index contributed by atoms with van der Waals surface area (Å²) in [5.74, 6) is -0.672. The van der Waals surface area contributed by atoms with Crippen LogP contribution in [-0.4, -0.2) is 33.5 Å². The van der Waals surface area contributed by atoms with Crippen LogP contribution < -0.4 is 4.74 Å². The molecule has 5 heteroatoms. The highest BCUT2D eigenvalue weighted by Crippen LogP contribution is 2.33. The number of hydrogen-bond acceptors (Lipinski definition) is 5. The molecule has 2 atom stereocenters. The number of phenols is 1. The summed E-state index contributed by atoms with van der Waals surface area (Å²) in [5.41, 5.74) is -1.27. The first-order valence-corrected chi connectivity index (χ1v) is 6.77.